The molecule has 0 saturated heterocycles. The molecular weight excluding hydrogens is 418 g/mol. The Hall–Kier alpha value is -3.10. The molecule has 0 fully saturated rings. The summed E-state index contributed by atoms with van der Waals surface area (Å²) in [7, 11) is 0. The highest BCUT2D eigenvalue weighted by atomic mass is 32.2. The summed E-state index contributed by atoms with van der Waals surface area (Å²) < 4.78 is 5.39. The quantitative estimate of drug-likeness (QED) is 0.304. The van der Waals surface area contributed by atoms with Crippen LogP contribution in [0.3, 0.4) is 0 Å². The normalized spacial score (nSPS) is 11.9. The number of hydrogen-bond donors (Lipinski definition) is 2. The van der Waals surface area contributed by atoms with Crippen LogP contribution < -0.4 is 10.1 Å². The minimum atomic E-state index is -0.335. The molecule has 0 bridgehead atoms. The second-order valence-electron chi connectivity index (χ2n) is 6.52. The molecule has 8 heteroatoms. The summed E-state index contributed by atoms with van der Waals surface area (Å²) in [5.41, 5.74) is 2.53. The molecule has 0 spiro atoms. The van der Waals surface area contributed by atoms with Gasteiger partial charge in [0.1, 0.15) is 11.6 Å². The fourth-order valence-electron chi connectivity index (χ4n) is 2.80. The third-order valence-electron chi connectivity index (χ3n) is 4.33. The Balaban J connectivity index is 1.27. The van der Waals surface area contributed by atoms with Gasteiger partial charge in [-0.15, -0.1) is 23.1 Å². The lowest BCUT2D eigenvalue weighted by Crippen LogP contribution is -2.12. The predicted octanol–water partition coefficient (Wildman–Crippen LogP) is 5.28. The van der Waals surface area contributed by atoms with Crippen LogP contribution in [0.5, 0.6) is 5.75 Å². The number of H-pyrrole nitrogens is 1. The number of fused-ring (bicyclic) bond motifs is 1. The molecule has 0 aliphatic carbocycles. The van der Waals surface area contributed by atoms with Gasteiger partial charge < -0.3 is 15.0 Å². The minimum absolute atomic E-state index is 0.0276. The molecule has 0 aliphatic heterocycles. The first-order chi connectivity index (χ1) is 14.6. The molecule has 0 radical (unpaired) electrons. The zero-order chi connectivity index (χ0) is 20.9. The smallest absolute Gasteiger partial charge is 0.321 e. The van der Waals surface area contributed by atoms with E-state index in [1.165, 1.54) is 23.1 Å². The van der Waals surface area contributed by atoms with Crippen LogP contribution in [0.1, 0.15) is 27.7 Å². The minimum Gasteiger partial charge on any atom is -0.426 e. The lowest BCUT2D eigenvalue weighted by Gasteiger charge is -2.09. The van der Waals surface area contributed by atoms with Crippen molar-refractivity contribution in [3.05, 3.63) is 76.7 Å². The van der Waals surface area contributed by atoms with E-state index in [0.717, 1.165) is 16.9 Å². The fourth-order valence-corrected chi connectivity index (χ4v) is 4.14. The van der Waals surface area contributed by atoms with Crippen molar-refractivity contribution >= 4 is 51.7 Å². The summed E-state index contributed by atoms with van der Waals surface area (Å²) in [6.45, 7) is 2.00. The second-order valence-corrected chi connectivity index (χ2v) is 8.80. The van der Waals surface area contributed by atoms with E-state index in [4.69, 9.17) is 4.74 Å². The fraction of sp³-hybridized carbons (Fsp3) is 0.136. The Morgan fingerprint density at radius 2 is 1.93 bits per heavy atom. The van der Waals surface area contributed by atoms with Crippen molar-refractivity contribution in [3.63, 3.8) is 0 Å². The van der Waals surface area contributed by atoms with Gasteiger partial charge in [-0.1, -0.05) is 18.2 Å². The number of ether oxygens (including phenoxy) is 1. The molecule has 1 amide bonds. The highest BCUT2D eigenvalue weighted by Gasteiger charge is 2.14. The van der Waals surface area contributed by atoms with Gasteiger partial charge in [-0.3, -0.25) is 9.59 Å². The van der Waals surface area contributed by atoms with Crippen LogP contribution in [-0.4, -0.2) is 27.6 Å². The number of carbonyl (C=O) groups excluding carboxylic acids is 2. The number of imidazole rings is 1. The molecule has 1 unspecified atom stereocenters. The summed E-state index contributed by atoms with van der Waals surface area (Å²) in [4.78, 5) is 32.7. The van der Waals surface area contributed by atoms with Crippen molar-refractivity contribution in [2.75, 3.05) is 11.1 Å². The topological polar surface area (TPSA) is 84.1 Å². The van der Waals surface area contributed by atoms with Gasteiger partial charge in [-0.05, 0) is 54.8 Å². The van der Waals surface area contributed by atoms with Gasteiger partial charge in [0.25, 0.3) is 5.91 Å². The van der Waals surface area contributed by atoms with Crippen LogP contribution in [0.4, 0.5) is 5.69 Å². The summed E-state index contributed by atoms with van der Waals surface area (Å²) in [6, 6.07) is 18.2. The van der Waals surface area contributed by atoms with Crippen LogP contribution in [0.25, 0.3) is 11.0 Å². The summed E-state index contributed by atoms with van der Waals surface area (Å²) in [6.07, 6.45) is 0. The van der Waals surface area contributed by atoms with Crippen LogP contribution in [-0.2, 0) is 4.79 Å². The van der Waals surface area contributed by atoms with E-state index in [-0.39, 0.29) is 22.9 Å². The van der Waals surface area contributed by atoms with Crippen molar-refractivity contribution in [3.8, 4) is 5.75 Å². The molecule has 2 heterocycles. The third kappa shape index (κ3) is 4.90. The van der Waals surface area contributed by atoms with Crippen LogP contribution in [0, 0.1) is 0 Å². The average Bonchev–Trinajstić information content (AvgIpc) is 3.43. The van der Waals surface area contributed by atoms with Crippen molar-refractivity contribution < 1.29 is 14.3 Å². The number of nitrogens with one attached hydrogen (secondary N) is 2. The first kappa shape index (κ1) is 20.2. The number of nitrogens with zero attached hydrogens (tertiary/aromatic N) is 1. The van der Waals surface area contributed by atoms with Gasteiger partial charge in [0.2, 0.25) is 0 Å². The van der Waals surface area contributed by atoms with E-state index in [0.29, 0.717) is 16.3 Å². The molecular formula is C22H19N3O3S2. The van der Waals surface area contributed by atoms with Crippen molar-refractivity contribution in [2.45, 2.75) is 12.2 Å². The third-order valence-corrected chi connectivity index (χ3v) is 6.33. The number of anilines is 1. The van der Waals surface area contributed by atoms with Gasteiger partial charge in [-0.2, -0.15) is 0 Å². The van der Waals surface area contributed by atoms with Gasteiger partial charge in [-0.25, -0.2) is 4.98 Å². The number of para-hydroxylation sites is 2. The maximum Gasteiger partial charge on any atom is 0.321 e. The van der Waals surface area contributed by atoms with Crippen molar-refractivity contribution in [1.82, 2.24) is 9.97 Å². The number of aromatic amines is 1. The zero-order valence-corrected chi connectivity index (χ0v) is 17.8. The van der Waals surface area contributed by atoms with Gasteiger partial charge >= 0.3 is 5.97 Å². The van der Waals surface area contributed by atoms with E-state index in [2.05, 4.69) is 15.3 Å². The number of thiophene rings is 1. The lowest BCUT2D eigenvalue weighted by molar-refractivity contribution is -0.131. The summed E-state index contributed by atoms with van der Waals surface area (Å²) in [5.74, 6) is 0.977. The molecule has 0 aliphatic rings. The van der Waals surface area contributed by atoms with Crippen LogP contribution in [0.2, 0.25) is 0 Å². The summed E-state index contributed by atoms with van der Waals surface area (Å²) in [5, 5.41) is 4.69. The van der Waals surface area contributed by atoms with E-state index in [1.807, 2.05) is 42.6 Å². The predicted molar refractivity (Wildman–Crippen MR) is 121 cm³/mol. The molecule has 0 saturated carbocycles. The molecule has 6 nitrogen and oxygen atoms in total. The van der Waals surface area contributed by atoms with Gasteiger partial charge in [0.05, 0.1) is 26.9 Å². The van der Waals surface area contributed by atoms with Gasteiger partial charge in [0, 0.05) is 5.69 Å². The first-order valence-electron chi connectivity index (χ1n) is 9.30. The number of rotatable bonds is 7. The Morgan fingerprint density at radius 3 is 2.67 bits per heavy atom. The van der Waals surface area contributed by atoms with E-state index in [9.17, 15) is 9.59 Å². The summed E-state index contributed by atoms with van der Waals surface area (Å²) >= 11 is 2.84. The second kappa shape index (κ2) is 9.15. The molecule has 2 aromatic carbocycles. The maximum atomic E-state index is 12.2. The molecule has 2 N–H and O–H groups in total. The van der Waals surface area contributed by atoms with Gasteiger partial charge in [0.15, 0.2) is 0 Å². The standard InChI is InChI=1S/C22H19N3O3S2/c1-14(21-24-17-5-2-3-6-18(17)25-21)30-13-20(26)28-16-10-8-15(9-11-16)23-22(27)19-7-4-12-29-19/h2-12,14H,13H2,1H3,(H,23,27)(H,24,25). The SMILES string of the molecule is CC(SCC(=O)Oc1ccc(NC(=O)c2cccs2)cc1)c1nc2ccccc2[nH]1. The molecule has 4 rings (SSSR count). The molecule has 4 aromatic rings. The Kier molecular flexibility index (Phi) is 6.15. The number of hydrogen-bond acceptors (Lipinski definition) is 6. The lowest BCUT2D eigenvalue weighted by atomic mass is 10.3. The number of benzene rings is 2. The largest absolute Gasteiger partial charge is 0.426 e. The number of amides is 1. The van der Waals surface area contributed by atoms with E-state index < -0.39 is 0 Å². The Bertz CT molecular complexity index is 1120. The molecule has 1 atom stereocenters. The van der Waals surface area contributed by atoms with E-state index in [1.54, 1.807) is 30.3 Å². The highest BCUT2D eigenvalue weighted by Crippen LogP contribution is 2.28. The Labute approximate surface area is 181 Å². The number of esters is 1. The number of thioether (sulfide) groups is 1. The van der Waals surface area contributed by atoms with Crippen molar-refractivity contribution in [1.29, 1.82) is 0 Å². The maximum absolute atomic E-state index is 12.2. The highest BCUT2D eigenvalue weighted by molar-refractivity contribution is 8.00. The number of carbonyl (C=O) groups is 2. The molecule has 30 heavy (non-hydrogen) atoms. The van der Waals surface area contributed by atoms with Crippen molar-refractivity contribution in [2.24, 2.45) is 0 Å². The molecule has 2 aromatic heterocycles. The Morgan fingerprint density at radius 1 is 1.13 bits per heavy atom. The molecule has 152 valence electrons. The van der Waals surface area contributed by atoms with Crippen LogP contribution >= 0.6 is 23.1 Å². The zero-order valence-electron chi connectivity index (χ0n) is 16.1. The average molecular weight is 438 g/mol. The van der Waals surface area contributed by atoms with Crippen LogP contribution in [0.15, 0.2) is 66.0 Å². The monoisotopic (exact) mass is 437 g/mol. The first-order valence-corrected chi connectivity index (χ1v) is 11.2. The van der Waals surface area contributed by atoms with E-state index >= 15 is 0 Å². The number of aromatic nitrogens is 2.